The number of carbonyl (C=O) groups excluding carboxylic acids is 1. The minimum atomic E-state index is -0.0531. The maximum absolute atomic E-state index is 11.8. The van der Waals surface area contributed by atoms with Crippen molar-refractivity contribution in [3.63, 3.8) is 0 Å². The van der Waals surface area contributed by atoms with Gasteiger partial charge in [-0.1, -0.05) is 0 Å². The average molecular weight is 226 g/mol. The first-order valence-electron chi connectivity index (χ1n) is 6.05. The molecule has 16 heavy (non-hydrogen) atoms. The number of nitrogens with zero attached hydrogens (tertiary/aromatic N) is 2. The summed E-state index contributed by atoms with van der Waals surface area (Å²) in [6, 6.07) is 0. The van der Waals surface area contributed by atoms with Crippen LogP contribution in [0.5, 0.6) is 0 Å². The highest BCUT2D eigenvalue weighted by molar-refractivity contribution is 5.81. The fraction of sp³-hybridized carbons (Fsp3) is 0.923. The van der Waals surface area contributed by atoms with Crippen LogP contribution in [0.25, 0.3) is 0 Å². The molecule has 1 rings (SSSR count). The molecule has 3 heteroatoms. The first-order valence-corrected chi connectivity index (χ1v) is 6.05. The summed E-state index contributed by atoms with van der Waals surface area (Å²) in [5.41, 5.74) is -0.106. The van der Waals surface area contributed by atoms with Crippen LogP contribution in [0.2, 0.25) is 0 Å². The van der Waals surface area contributed by atoms with Gasteiger partial charge in [0.2, 0.25) is 0 Å². The summed E-state index contributed by atoms with van der Waals surface area (Å²) in [5, 5.41) is 0. The van der Waals surface area contributed by atoms with Gasteiger partial charge in [0, 0.05) is 23.9 Å². The Bertz CT molecular complexity index is 262. The lowest BCUT2D eigenvalue weighted by atomic mass is 9.78. The van der Waals surface area contributed by atoms with Crippen LogP contribution in [0.4, 0.5) is 0 Å². The van der Waals surface area contributed by atoms with E-state index in [2.05, 4.69) is 58.5 Å². The van der Waals surface area contributed by atoms with Crippen molar-refractivity contribution in [1.29, 1.82) is 0 Å². The first-order chi connectivity index (χ1) is 7.08. The molecule has 0 aromatic carbocycles. The second kappa shape index (κ2) is 4.11. The number of ketones is 1. The van der Waals surface area contributed by atoms with Gasteiger partial charge in [-0.05, 0) is 48.7 Å². The molecule has 0 aliphatic carbocycles. The van der Waals surface area contributed by atoms with Crippen LogP contribution in [0.1, 0.15) is 47.5 Å². The van der Waals surface area contributed by atoms with Crippen molar-refractivity contribution < 1.29 is 4.79 Å². The molecule has 0 saturated carbocycles. The molecule has 1 unspecified atom stereocenters. The highest BCUT2D eigenvalue weighted by atomic mass is 16.1. The van der Waals surface area contributed by atoms with Crippen LogP contribution in [0.15, 0.2) is 0 Å². The van der Waals surface area contributed by atoms with Crippen molar-refractivity contribution in [2.45, 2.75) is 64.7 Å². The number of hydrogen-bond acceptors (Lipinski definition) is 3. The normalized spacial score (nSPS) is 27.1. The number of likely N-dealkylation sites (tertiary alicyclic amines) is 1. The van der Waals surface area contributed by atoms with Crippen molar-refractivity contribution in [3.8, 4) is 0 Å². The summed E-state index contributed by atoms with van der Waals surface area (Å²) < 4.78 is 0. The van der Waals surface area contributed by atoms with Crippen LogP contribution in [-0.2, 0) is 4.79 Å². The summed E-state index contributed by atoms with van der Waals surface area (Å²) >= 11 is 0. The lowest BCUT2D eigenvalue weighted by molar-refractivity contribution is -0.142. The van der Waals surface area contributed by atoms with Gasteiger partial charge in [-0.2, -0.15) is 0 Å². The number of hydrogen-bond donors (Lipinski definition) is 0. The smallest absolute Gasteiger partial charge is 0.136 e. The second-order valence-corrected chi connectivity index (χ2v) is 6.48. The molecule has 0 aromatic rings. The Labute approximate surface area is 99.8 Å². The summed E-state index contributed by atoms with van der Waals surface area (Å²) in [5.74, 6) is 0.386. The third kappa shape index (κ3) is 2.46. The lowest BCUT2D eigenvalue weighted by Gasteiger charge is -2.56. The topological polar surface area (TPSA) is 23.6 Å². The summed E-state index contributed by atoms with van der Waals surface area (Å²) in [7, 11) is 4.18. The molecule has 1 heterocycles. The van der Waals surface area contributed by atoms with Crippen molar-refractivity contribution in [1.82, 2.24) is 9.80 Å². The van der Waals surface area contributed by atoms with Crippen LogP contribution in [0, 0.1) is 0 Å². The summed E-state index contributed by atoms with van der Waals surface area (Å²) in [6.45, 7) is 10.9. The SMILES string of the molecule is CC(N(C)C)N1C(C)(C)CC(=O)CC1(C)C. The van der Waals surface area contributed by atoms with E-state index in [4.69, 9.17) is 0 Å². The molecule has 1 aliphatic rings. The van der Waals surface area contributed by atoms with Gasteiger partial charge in [0.1, 0.15) is 5.78 Å². The van der Waals surface area contributed by atoms with Crippen LogP contribution in [0.3, 0.4) is 0 Å². The monoisotopic (exact) mass is 226 g/mol. The van der Waals surface area contributed by atoms with E-state index >= 15 is 0 Å². The molecule has 0 bridgehead atoms. The van der Waals surface area contributed by atoms with Crippen molar-refractivity contribution in [2.75, 3.05) is 14.1 Å². The molecule has 94 valence electrons. The van der Waals surface area contributed by atoms with E-state index in [0.717, 1.165) is 0 Å². The van der Waals surface area contributed by atoms with Gasteiger partial charge in [-0.15, -0.1) is 0 Å². The van der Waals surface area contributed by atoms with Gasteiger partial charge < -0.3 is 0 Å². The number of Topliss-reactive ketones (excluding diaryl/α,β-unsaturated/α-hetero) is 1. The Morgan fingerprint density at radius 3 is 1.81 bits per heavy atom. The summed E-state index contributed by atoms with van der Waals surface area (Å²) in [6.07, 6.45) is 1.67. The van der Waals surface area contributed by atoms with Crippen LogP contribution < -0.4 is 0 Å². The fourth-order valence-corrected chi connectivity index (χ4v) is 3.26. The Morgan fingerprint density at radius 2 is 1.50 bits per heavy atom. The van der Waals surface area contributed by atoms with E-state index in [1.807, 2.05) is 0 Å². The van der Waals surface area contributed by atoms with Crippen LogP contribution >= 0.6 is 0 Å². The Hall–Kier alpha value is -0.410. The van der Waals surface area contributed by atoms with Gasteiger partial charge in [-0.3, -0.25) is 14.6 Å². The number of rotatable bonds is 2. The average Bonchev–Trinajstić information content (AvgIpc) is 1.96. The minimum absolute atomic E-state index is 0.0531. The van der Waals surface area contributed by atoms with E-state index in [9.17, 15) is 4.79 Å². The molecular weight excluding hydrogens is 200 g/mol. The number of piperidine rings is 1. The zero-order valence-electron chi connectivity index (χ0n) is 11.8. The highest BCUT2D eigenvalue weighted by Gasteiger charge is 2.47. The molecule has 3 nitrogen and oxygen atoms in total. The van der Waals surface area contributed by atoms with Gasteiger partial charge in [0.25, 0.3) is 0 Å². The molecule has 0 aromatic heterocycles. The standard InChI is InChI=1S/C13H26N2O/c1-10(14(6)7)15-12(2,3)8-11(16)9-13(15,4)5/h10H,8-9H2,1-7H3. The Kier molecular flexibility index (Phi) is 3.51. The molecule has 0 spiro atoms. The third-order valence-electron chi connectivity index (χ3n) is 3.68. The highest BCUT2D eigenvalue weighted by Crippen LogP contribution is 2.38. The predicted molar refractivity (Wildman–Crippen MR) is 67.4 cm³/mol. The molecule has 1 fully saturated rings. The molecule has 1 saturated heterocycles. The van der Waals surface area contributed by atoms with E-state index in [1.54, 1.807) is 0 Å². The third-order valence-corrected chi connectivity index (χ3v) is 3.68. The molecule has 0 radical (unpaired) electrons. The quantitative estimate of drug-likeness (QED) is 0.720. The molecule has 1 aliphatic heterocycles. The van der Waals surface area contributed by atoms with Gasteiger partial charge in [0.05, 0.1) is 6.17 Å². The van der Waals surface area contributed by atoms with Gasteiger partial charge in [-0.25, -0.2) is 0 Å². The largest absolute Gasteiger partial charge is 0.300 e. The Balaban J connectivity index is 3.06. The van der Waals surface area contributed by atoms with E-state index in [1.165, 1.54) is 0 Å². The van der Waals surface area contributed by atoms with Crippen LogP contribution in [-0.4, -0.2) is 46.9 Å². The van der Waals surface area contributed by atoms with Crippen molar-refractivity contribution >= 4 is 5.78 Å². The second-order valence-electron chi connectivity index (χ2n) is 6.48. The lowest BCUT2D eigenvalue weighted by Crippen LogP contribution is -2.66. The summed E-state index contributed by atoms with van der Waals surface area (Å²) in [4.78, 5) is 16.5. The van der Waals surface area contributed by atoms with E-state index < -0.39 is 0 Å². The minimum Gasteiger partial charge on any atom is -0.300 e. The zero-order valence-corrected chi connectivity index (χ0v) is 11.8. The van der Waals surface area contributed by atoms with Gasteiger partial charge >= 0.3 is 0 Å². The fourth-order valence-electron chi connectivity index (χ4n) is 3.26. The Morgan fingerprint density at radius 1 is 1.12 bits per heavy atom. The molecule has 1 atom stereocenters. The number of carbonyl (C=O) groups is 1. The van der Waals surface area contributed by atoms with Gasteiger partial charge in [0.15, 0.2) is 0 Å². The maximum Gasteiger partial charge on any atom is 0.136 e. The van der Waals surface area contributed by atoms with E-state index in [-0.39, 0.29) is 11.1 Å². The maximum atomic E-state index is 11.8. The predicted octanol–water partition coefficient (Wildman–Crippen LogP) is 2.12. The molecular formula is C13H26N2O. The van der Waals surface area contributed by atoms with E-state index in [0.29, 0.717) is 24.8 Å². The van der Waals surface area contributed by atoms with Crippen molar-refractivity contribution in [3.05, 3.63) is 0 Å². The molecule has 0 amide bonds. The first kappa shape index (κ1) is 13.7. The zero-order chi connectivity index (χ0) is 12.7. The van der Waals surface area contributed by atoms with Crippen molar-refractivity contribution in [2.24, 2.45) is 0 Å². The molecule has 0 N–H and O–H groups in total.